The smallest absolute Gasteiger partial charge is 0.328 e. The highest BCUT2D eigenvalue weighted by molar-refractivity contribution is 5.92. The van der Waals surface area contributed by atoms with Crippen LogP contribution in [0.4, 0.5) is 0 Å². The van der Waals surface area contributed by atoms with Gasteiger partial charge in [-0.05, 0) is 71.6 Å². The summed E-state index contributed by atoms with van der Waals surface area (Å²) in [5.41, 5.74) is 5.38. The number of esters is 3. The van der Waals surface area contributed by atoms with Gasteiger partial charge < -0.3 is 92.8 Å². The fraction of sp³-hybridized carbons (Fsp3) is 0.640. The Bertz CT molecular complexity index is 2450. The van der Waals surface area contributed by atoms with Gasteiger partial charge in [0.05, 0.1) is 27.4 Å². The van der Waals surface area contributed by atoms with Crippen molar-refractivity contribution in [2.24, 2.45) is 5.73 Å². The summed E-state index contributed by atoms with van der Waals surface area (Å²) in [6.07, 6.45) is -8.46. The predicted octanol–water partition coefficient (Wildman–Crippen LogP) is -4.67. The van der Waals surface area contributed by atoms with Crippen LogP contribution in [0.3, 0.4) is 0 Å². The van der Waals surface area contributed by atoms with Crippen LogP contribution in [0.2, 0.25) is 0 Å². The van der Waals surface area contributed by atoms with E-state index in [9.17, 15) is 107 Å². The minimum Gasteiger partial charge on any atom is -0.480 e. The van der Waals surface area contributed by atoms with Gasteiger partial charge >= 0.3 is 47.8 Å². The molecule has 0 aromatic rings. The maximum absolute atomic E-state index is 12.9. The van der Waals surface area contributed by atoms with Gasteiger partial charge in [-0.1, -0.05) is 0 Å². The Morgan fingerprint density at radius 1 is 0.294 bits per heavy atom. The molecule has 9 atom stereocenters. The third-order valence-electron chi connectivity index (χ3n) is 12.2. The third kappa shape index (κ3) is 32.9. The predicted molar refractivity (Wildman–Crippen MR) is 282 cm³/mol. The van der Waals surface area contributed by atoms with Gasteiger partial charge in [0.15, 0.2) is 5.78 Å². The second kappa shape index (κ2) is 40.1. The standard InChI is InChI=1S/C50H75N9O26/c1-24(60)6-8-32(48(80)83-3)57-41(68)20-12-30(46(76)77)53-36(63)18-10-29(45(74)75)56-39(66)23-15-34(50(82)85-5)59-42(69)21-13-31(47(78)79)54-37(64)19-11-28(44(72)73)55-38(65)22-14-33(49(81)84-4)58-40(67)17-9-27(25(2)61)52-35(62)16-7-26(51)43(70)71/h26-34H,6-23,51H2,1-5H3,(H,52,62)(H,53,63)(H,54,64)(H,55,65)(H,56,66)(H,57,68)(H,58,67)(H,59,69)(H,70,71)(H,72,73)(H,74,75)(H,76,77)(H,78,79). The normalized spacial score (nSPS) is 13.9. The van der Waals surface area contributed by atoms with Crippen LogP contribution >= 0.6 is 0 Å². The van der Waals surface area contributed by atoms with Crippen molar-refractivity contribution in [1.29, 1.82) is 0 Å². The molecule has 9 unspecified atom stereocenters. The number of aliphatic carboxylic acids is 5. The molecule has 0 fully saturated rings. The number of carbonyl (C=O) groups excluding carboxylic acids is 13. The number of nitrogens with two attached hydrogens (primary N) is 1. The summed E-state index contributed by atoms with van der Waals surface area (Å²) in [4.78, 5) is 221. The largest absolute Gasteiger partial charge is 0.480 e. The molecule has 8 amide bonds. The molecule has 35 nitrogen and oxygen atoms in total. The quantitative estimate of drug-likeness (QED) is 0.0201. The summed E-state index contributed by atoms with van der Waals surface area (Å²) >= 11 is 0. The van der Waals surface area contributed by atoms with Crippen LogP contribution in [0, 0.1) is 0 Å². The van der Waals surface area contributed by atoms with E-state index in [1.807, 2.05) is 0 Å². The molecule has 0 rings (SSSR count). The average molecular weight is 1220 g/mol. The van der Waals surface area contributed by atoms with E-state index >= 15 is 0 Å². The number of carboxylic acid groups (broad SMARTS) is 5. The maximum atomic E-state index is 12.9. The van der Waals surface area contributed by atoms with Crippen molar-refractivity contribution in [3.63, 3.8) is 0 Å². The SMILES string of the molecule is COC(=O)C(CCC(C)=O)NC(=O)CCC(NC(=O)CCC(NC(=O)CCC(NC(=O)CCC(NC(=O)CCC(NC(=O)CCC(NC(=O)CCC(NC(=O)CCC(N)C(=O)O)C(C)=O)C(=O)OC)C(=O)O)C(=O)O)C(=O)OC)C(=O)O)C(=O)O. The van der Waals surface area contributed by atoms with Crippen LogP contribution in [-0.4, -0.2) is 208 Å². The third-order valence-corrected chi connectivity index (χ3v) is 12.2. The fourth-order valence-corrected chi connectivity index (χ4v) is 7.40. The van der Waals surface area contributed by atoms with E-state index in [0.717, 1.165) is 28.3 Å². The lowest BCUT2D eigenvalue weighted by molar-refractivity contribution is -0.146. The first-order valence-electron chi connectivity index (χ1n) is 26.2. The van der Waals surface area contributed by atoms with E-state index in [4.69, 9.17) is 10.8 Å². The first kappa shape index (κ1) is 75.8. The molecule has 15 N–H and O–H groups in total. The number of ketones is 2. The van der Waals surface area contributed by atoms with Crippen LogP contribution in [0.25, 0.3) is 0 Å². The number of Topliss-reactive ketones (excluding diaryl/α,β-unsaturated/α-hetero) is 2. The molecule has 0 radical (unpaired) electrons. The number of hydrogen-bond donors (Lipinski definition) is 14. The molecule has 0 aromatic carbocycles. The van der Waals surface area contributed by atoms with E-state index in [2.05, 4.69) is 56.7 Å². The van der Waals surface area contributed by atoms with Crippen molar-refractivity contribution in [1.82, 2.24) is 42.5 Å². The van der Waals surface area contributed by atoms with Gasteiger partial charge in [-0.25, -0.2) is 33.6 Å². The number of methoxy groups -OCH3 is 3. The summed E-state index contributed by atoms with van der Waals surface area (Å²) in [5.74, 6) is -19.0. The zero-order valence-electron chi connectivity index (χ0n) is 47.3. The molecule has 0 saturated carbocycles. The van der Waals surface area contributed by atoms with Gasteiger partial charge in [0, 0.05) is 57.8 Å². The Morgan fingerprint density at radius 3 is 0.682 bits per heavy atom. The lowest BCUT2D eigenvalue weighted by atomic mass is 10.1. The molecule has 35 heteroatoms. The summed E-state index contributed by atoms with van der Waals surface area (Å²) < 4.78 is 13.9. The van der Waals surface area contributed by atoms with Gasteiger partial charge in [-0.15, -0.1) is 0 Å². The highest BCUT2D eigenvalue weighted by Crippen LogP contribution is 2.11. The number of ether oxygens (including phenoxy) is 3. The Kier molecular flexibility index (Phi) is 35.8. The molecule has 0 bridgehead atoms. The second-order valence-electron chi connectivity index (χ2n) is 19.0. The Hall–Kier alpha value is -9.18. The maximum Gasteiger partial charge on any atom is 0.328 e. The Labute approximate surface area is 485 Å². The average Bonchev–Trinajstić information content (AvgIpc) is 3.50. The number of hydrogen-bond acceptors (Lipinski definition) is 22. The van der Waals surface area contributed by atoms with Gasteiger partial charge in [-0.3, -0.25) is 47.9 Å². The Morgan fingerprint density at radius 2 is 0.482 bits per heavy atom. The number of carbonyl (C=O) groups is 18. The lowest BCUT2D eigenvalue weighted by Crippen LogP contribution is -2.46. The minimum atomic E-state index is -1.78. The van der Waals surface area contributed by atoms with Crippen molar-refractivity contribution in [2.45, 2.75) is 184 Å². The van der Waals surface area contributed by atoms with E-state index in [0.29, 0.717) is 0 Å². The van der Waals surface area contributed by atoms with E-state index < -0.39 is 239 Å². The lowest BCUT2D eigenvalue weighted by Gasteiger charge is -2.20. The van der Waals surface area contributed by atoms with Gasteiger partial charge in [0.1, 0.15) is 54.1 Å². The zero-order valence-corrected chi connectivity index (χ0v) is 47.3. The van der Waals surface area contributed by atoms with Crippen molar-refractivity contribution in [3.05, 3.63) is 0 Å². The van der Waals surface area contributed by atoms with Gasteiger partial charge in [0.25, 0.3) is 0 Å². The van der Waals surface area contributed by atoms with Crippen molar-refractivity contribution in [3.8, 4) is 0 Å². The summed E-state index contributed by atoms with van der Waals surface area (Å²) in [7, 11) is 2.95. The number of amides is 8. The highest BCUT2D eigenvalue weighted by Gasteiger charge is 2.31. The molecule has 0 heterocycles. The van der Waals surface area contributed by atoms with Crippen LogP contribution in [0.15, 0.2) is 0 Å². The molecule has 0 aliphatic heterocycles. The topological polar surface area (TPSA) is 558 Å². The summed E-state index contributed by atoms with van der Waals surface area (Å²) in [6.45, 7) is 2.39. The first-order chi connectivity index (χ1) is 39.7. The molecule has 0 aliphatic rings. The molecule has 476 valence electrons. The number of nitrogens with one attached hydrogen (secondary N) is 8. The van der Waals surface area contributed by atoms with Crippen LogP contribution in [0.5, 0.6) is 0 Å². The molecular weight excluding hydrogens is 1140 g/mol. The van der Waals surface area contributed by atoms with E-state index in [1.54, 1.807) is 0 Å². The second-order valence-corrected chi connectivity index (χ2v) is 19.0. The first-order valence-corrected chi connectivity index (χ1v) is 26.2. The monoisotopic (exact) mass is 1220 g/mol. The van der Waals surface area contributed by atoms with E-state index in [1.165, 1.54) is 6.92 Å². The van der Waals surface area contributed by atoms with Gasteiger partial charge in [0.2, 0.25) is 47.3 Å². The zero-order chi connectivity index (χ0) is 65.1. The van der Waals surface area contributed by atoms with Crippen molar-refractivity contribution >= 4 is 107 Å². The summed E-state index contributed by atoms with van der Waals surface area (Å²) in [5, 5.41) is 65.4. The highest BCUT2D eigenvalue weighted by atomic mass is 16.5. The number of carboxylic acids is 5. The molecule has 0 saturated heterocycles. The minimum absolute atomic E-state index is 0.0722. The summed E-state index contributed by atoms with van der Waals surface area (Å²) in [6, 6.07) is -13.7. The van der Waals surface area contributed by atoms with Crippen LogP contribution in [-0.2, 0) is 101 Å². The van der Waals surface area contributed by atoms with Crippen LogP contribution < -0.4 is 48.3 Å². The van der Waals surface area contributed by atoms with Crippen LogP contribution in [0.1, 0.15) is 129 Å². The van der Waals surface area contributed by atoms with Crippen molar-refractivity contribution < 1.29 is 126 Å². The molecule has 0 spiro atoms. The molecule has 0 aromatic heterocycles. The van der Waals surface area contributed by atoms with E-state index in [-0.39, 0.29) is 37.9 Å². The number of rotatable bonds is 44. The molecule has 0 aliphatic carbocycles. The molecule has 85 heavy (non-hydrogen) atoms. The van der Waals surface area contributed by atoms with Crippen molar-refractivity contribution in [2.75, 3.05) is 21.3 Å². The van der Waals surface area contributed by atoms with Gasteiger partial charge in [-0.2, -0.15) is 0 Å². The molecular formula is C50H75N9O26. The Balaban J connectivity index is 5.36. The fourth-order valence-electron chi connectivity index (χ4n) is 7.40.